The first kappa shape index (κ1) is 16.9. The fourth-order valence-corrected chi connectivity index (χ4v) is 2.84. The van der Waals surface area contributed by atoms with Crippen LogP contribution in [0.5, 0.6) is 0 Å². The predicted octanol–water partition coefficient (Wildman–Crippen LogP) is -0.189. The van der Waals surface area contributed by atoms with E-state index in [0.717, 1.165) is 5.56 Å². The Kier molecular flexibility index (Phi) is 5.90. The van der Waals surface area contributed by atoms with E-state index in [-0.39, 0.29) is 12.5 Å². The van der Waals surface area contributed by atoms with Crippen molar-refractivity contribution in [3.63, 3.8) is 0 Å². The van der Waals surface area contributed by atoms with Crippen molar-refractivity contribution in [2.75, 3.05) is 6.61 Å². The minimum Gasteiger partial charge on any atom is -0.396 e. The third-order valence-electron chi connectivity index (χ3n) is 4.05. The summed E-state index contributed by atoms with van der Waals surface area (Å²) >= 11 is 0. The van der Waals surface area contributed by atoms with Crippen molar-refractivity contribution < 1.29 is 24.9 Å². The van der Waals surface area contributed by atoms with Gasteiger partial charge in [-0.1, -0.05) is 30.3 Å². The molecule has 0 heterocycles. The van der Waals surface area contributed by atoms with E-state index in [4.69, 9.17) is 4.74 Å². The summed E-state index contributed by atoms with van der Waals surface area (Å²) in [5, 5.41) is 32.2. The number of rotatable bonds is 5. The van der Waals surface area contributed by atoms with E-state index >= 15 is 0 Å². The molecule has 0 radical (unpaired) electrons. The van der Waals surface area contributed by atoms with Gasteiger partial charge in [-0.15, -0.1) is 0 Å². The first-order chi connectivity index (χ1) is 10.5. The summed E-state index contributed by atoms with van der Waals surface area (Å²) in [4.78, 5) is 11.3. The van der Waals surface area contributed by atoms with E-state index in [2.05, 4.69) is 5.32 Å². The van der Waals surface area contributed by atoms with Gasteiger partial charge < -0.3 is 25.4 Å². The second kappa shape index (κ2) is 7.69. The molecule has 0 bridgehead atoms. The number of carbonyl (C=O) groups is 1. The molecule has 1 amide bonds. The van der Waals surface area contributed by atoms with Crippen molar-refractivity contribution in [3.05, 3.63) is 35.9 Å². The average Bonchev–Trinajstić information content (AvgIpc) is 2.52. The molecule has 1 fully saturated rings. The Morgan fingerprint density at radius 3 is 2.55 bits per heavy atom. The number of benzene rings is 1. The molecule has 3 unspecified atom stereocenters. The van der Waals surface area contributed by atoms with E-state index in [1.54, 1.807) is 0 Å². The Balaban J connectivity index is 2.07. The molecule has 1 saturated carbocycles. The van der Waals surface area contributed by atoms with Crippen LogP contribution in [0, 0.1) is 5.92 Å². The number of ether oxygens (including phenoxy) is 1. The Morgan fingerprint density at radius 1 is 1.27 bits per heavy atom. The molecule has 1 aliphatic carbocycles. The molecule has 0 spiro atoms. The van der Waals surface area contributed by atoms with Crippen LogP contribution in [0.15, 0.2) is 30.3 Å². The van der Waals surface area contributed by atoms with Crippen LogP contribution in [-0.2, 0) is 16.1 Å². The lowest BCUT2D eigenvalue weighted by atomic mass is 9.79. The third kappa shape index (κ3) is 4.04. The highest BCUT2D eigenvalue weighted by molar-refractivity contribution is 5.73. The van der Waals surface area contributed by atoms with Gasteiger partial charge in [-0.25, -0.2) is 0 Å². The monoisotopic (exact) mass is 309 g/mol. The molecule has 22 heavy (non-hydrogen) atoms. The molecule has 1 aromatic carbocycles. The van der Waals surface area contributed by atoms with E-state index in [1.165, 1.54) is 6.92 Å². The minimum atomic E-state index is -1.17. The van der Waals surface area contributed by atoms with E-state index in [1.807, 2.05) is 30.3 Å². The number of aliphatic hydroxyl groups is 3. The van der Waals surface area contributed by atoms with Crippen LogP contribution in [0.3, 0.4) is 0 Å². The number of hydrogen-bond acceptors (Lipinski definition) is 5. The van der Waals surface area contributed by atoms with Gasteiger partial charge in [0.05, 0.1) is 24.9 Å². The standard InChI is InChI=1S/C16H23NO5/c1-10(19)17-14-13(7-12(8-18)15(20)16(14)21)22-9-11-5-3-2-4-6-11/h2-6,12-16,18,20-21H,7-9H2,1H3,(H,17,19)/t12?,13-,14+,15?,16?/m1/s1. The molecular formula is C16H23NO5. The molecule has 0 aliphatic heterocycles. The second-order valence-corrected chi connectivity index (χ2v) is 5.72. The van der Waals surface area contributed by atoms with Crippen molar-refractivity contribution in [2.24, 2.45) is 5.92 Å². The van der Waals surface area contributed by atoms with E-state index in [0.29, 0.717) is 13.0 Å². The molecule has 1 aromatic rings. The fraction of sp³-hybridized carbons (Fsp3) is 0.562. The van der Waals surface area contributed by atoms with Gasteiger partial charge in [0.1, 0.15) is 6.10 Å². The second-order valence-electron chi connectivity index (χ2n) is 5.72. The highest BCUT2D eigenvalue weighted by Crippen LogP contribution is 2.28. The summed E-state index contributed by atoms with van der Waals surface area (Å²) in [6.07, 6.45) is -2.36. The van der Waals surface area contributed by atoms with Crippen LogP contribution in [-0.4, -0.2) is 52.2 Å². The molecule has 0 saturated heterocycles. The van der Waals surface area contributed by atoms with Crippen LogP contribution in [0.4, 0.5) is 0 Å². The van der Waals surface area contributed by atoms with Crippen molar-refractivity contribution in [1.29, 1.82) is 0 Å². The largest absolute Gasteiger partial charge is 0.396 e. The topological polar surface area (TPSA) is 99.0 Å². The summed E-state index contributed by atoms with van der Waals surface area (Å²) in [6, 6.07) is 8.86. The minimum absolute atomic E-state index is 0.240. The van der Waals surface area contributed by atoms with Crippen molar-refractivity contribution in [3.8, 4) is 0 Å². The summed E-state index contributed by atoms with van der Waals surface area (Å²) in [5.41, 5.74) is 0.977. The van der Waals surface area contributed by atoms with Crippen molar-refractivity contribution >= 4 is 5.91 Å². The lowest BCUT2D eigenvalue weighted by molar-refractivity contribution is -0.144. The SMILES string of the molecule is CC(=O)N[C@@H]1C(O)C(O)C(CO)C[C@H]1OCc1ccccc1. The lowest BCUT2D eigenvalue weighted by Gasteiger charge is -2.42. The number of nitrogens with one attached hydrogen (secondary N) is 1. The van der Waals surface area contributed by atoms with Gasteiger partial charge in [-0.3, -0.25) is 4.79 Å². The van der Waals surface area contributed by atoms with Crippen molar-refractivity contribution in [2.45, 2.75) is 44.3 Å². The van der Waals surface area contributed by atoms with Crippen molar-refractivity contribution in [1.82, 2.24) is 5.32 Å². The van der Waals surface area contributed by atoms with Gasteiger partial charge in [0.2, 0.25) is 5.91 Å². The summed E-state index contributed by atoms with van der Waals surface area (Å²) in [6.45, 7) is 1.45. The van der Waals surface area contributed by atoms with Gasteiger partial charge in [0.15, 0.2) is 0 Å². The van der Waals surface area contributed by atoms with Gasteiger partial charge in [-0.05, 0) is 12.0 Å². The van der Waals surface area contributed by atoms with Gasteiger partial charge >= 0.3 is 0 Å². The zero-order valence-corrected chi connectivity index (χ0v) is 12.6. The smallest absolute Gasteiger partial charge is 0.217 e. The Labute approximate surface area is 129 Å². The molecule has 0 aromatic heterocycles. The van der Waals surface area contributed by atoms with Gasteiger partial charge in [0, 0.05) is 19.4 Å². The normalized spacial score (nSPS) is 31.7. The summed E-state index contributed by atoms with van der Waals surface area (Å²) < 4.78 is 5.84. The van der Waals surface area contributed by atoms with Crippen LogP contribution >= 0.6 is 0 Å². The molecule has 4 N–H and O–H groups in total. The first-order valence-electron chi connectivity index (χ1n) is 7.42. The fourth-order valence-electron chi connectivity index (χ4n) is 2.84. The van der Waals surface area contributed by atoms with Crippen LogP contribution in [0.25, 0.3) is 0 Å². The number of hydrogen-bond donors (Lipinski definition) is 4. The maximum Gasteiger partial charge on any atom is 0.217 e. The highest BCUT2D eigenvalue weighted by Gasteiger charge is 2.44. The molecule has 5 atom stereocenters. The van der Waals surface area contributed by atoms with Gasteiger partial charge in [0.25, 0.3) is 0 Å². The highest BCUT2D eigenvalue weighted by atomic mass is 16.5. The van der Waals surface area contributed by atoms with E-state index in [9.17, 15) is 20.1 Å². The first-order valence-corrected chi connectivity index (χ1v) is 7.42. The Morgan fingerprint density at radius 2 is 1.95 bits per heavy atom. The maximum absolute atomic E-state index is 11.3. The third-order valence-corrected chi connectivity index (χ3v) is 4.05. The van der Waals surface area contributed by atoms with Crippen LogP contribution in [0.2, 0.25) is 0 Å². The lowest BCUT2D eigenvalue weighted by Crippen LogP contribution is -2.61. The Bertz CT molecular complexity index is 481. The number of aliphatic hydroxyl groups excluding tert-OH is 3. The molecule has 6 nitrogen and oxygen atoms in total. The van der Waals surface area contributed by atoms with Crippen LogP contribution in [0.1, 0.15) is 18.9 Å². The number of amides is 1. The van der Waals surface area contributed by atoms with E-state index < -0.39 is 30.3 Å². The molecule has 1 aliphatic rings. The average molecular weight is 309 g/mol. The Hall–Kier alpha value is -1.47. The summed E-state index contributed by atoms with van der Waals surface area (Å²) in [7, 11) is 0. The van der Waals surface area contributed by atoms with Gasteiger partial charge in [-0.2, -0.15) is 0 Å². The number of carbonyl (C=O) groups excluding carboxylic acids is 1. The molecular weight excluding hydrogens is 286 g/mol. The quantitative estimate of drug-likeness (QED) is 0.604. The molecule has 2 rings (SSSR count). The summed E-state index contributed by atoms with van der Waals surface area (Å²) in [5.74, 6) is -0.771. The predicted molar refractivity (Wildman–Crippen MR) is 79.8 cm³/mol. The maximum atomic E-state index is 11.3. The molecule has 122 valence electrons. The molecule has 6 heteroatoms. The zero-order chi connectivity index (χ0) is 16.1. The zero-order valence-electron chi connectivity index (χ0n) is 12.6. The van der Waals surface area contributed by atoms with Crippen LogP contribution < -0.4 is 5.32 Å².